The Morgan fingerprint density at radius 2 is 2.30 bits per heavy atom. The van der Waals surface area contributed by atoms with Crippen LogP contribution in [0.1, 0.15) is 5.56 Å². The summed E-state index contributed by atoms with van der Waals surface area (Å²) in [6, 6.07) is 3.45. The molecule has 0 saturated carbocycles. The molecule has 0 atom stereocenters. The first kappa shape index (κ1) is 6.93. The maximum absolute atomic E-state index is 9.03. The van der Waals surface area contributed by atoms with Gasteiger partial charge in [0, 0.05) is 6.20 Å². The number of hydrogen-bond donors (Lipinski definition) is 1. The highest BCUT2D eigenvalue weighted by Gasteiger charge is 1.86. The molecule has 2 radical (unpaired) electrons. The predicted octanol–water partition coefficient (Wildman–Crippen LogP) is 0.0180. The van der Waals surface area contributed by atoms with E-state index < -0.39 is 0 Å². The van der Waals surface area contributed by atoms with Gasteiger partial charge in [0.25, 0.3) is 7.98 Å². The van der Waals surface area contributed by atoms with E-state index in [1.54, 1.807) is 6.07 Å². The molecule has 0 aliphatic carbocycles. The highest BCUT2D eigenvalue weighted by atomic mass is 16.5. The van der Waals surface area contributed by atoms with Crippen molar-refractivity contribution in [3.05, 3.63) is 29.4 Å². The molecule has 0 saturated heterocycles. The van der Waals surface area contributed by atoms with Crippen LogP contribution in [0.25, 0.3) is 0 Å². The molecule has 1 N–H and O–H groups in total. The summed E-state index contributed by atoms with van der Waals surface area (Å²) in [4.78, 5) is 3.32. The second-order valence-corrected chi connectivity index (χ2v) is 2.04. The zero-order valence-electron chi connectivity index (χ0n) is 5.65. The minimum Gasteiger partial charge on any atom is -0.427 e. The third kappa shape index (κ3) is 1.21. The van der Waals surface area contributed by atoms with Gasteiger partial charge >= 0.3 is 0 Å². The highest BCUT2D eigenvalue weighted by molar-refractivity contribution is 6.05. The van der Waals surface area contributed by atoms with Gasteiger partial charge in [0.05, 0.1) is 0 Å². The fraction of sp³-hybridized carbons (Fsp3) is 0.167. The van der Waals surface area contributed by atoms with Gasteiger partial charge in [0.2, 0.25) is 0 Å². The lowest BCUT2D eigenvalue weighted by Gasteiger charge is -1.97. The van der Waals surface area contributed by atoms with Crippen LogP contribution in [0.5, 0.6) is 0 Å². The summed E-state index contributed by atoms with van der Waals surface area (Å²) in [5.41, 5.74) is 1.29. The standard InChI is InChI=1S/C6H7BN2O/c1-5-2-3-6(8-7)9(10)4-5/h2-4,10H,1H3/b8-6+. The molecule has 0 unspecified atom stereocenters. The minimum absolute atomic E-state index is 0.339. The molecule has 3 nitrogen and oxygen atoms in total. The molecule has 0 bridgehead atoms. The number of nitrogens with zero attached hydrogens (tertiary/aromatic N) is 2. The van der Waals surface area contributed by atoms with Crippen LogP contribution in [0.2, 0.25) is 0 Å². The van der Waals surface area contributed by atoms with E-state index in [-0.39, 0.29) is 0 Å². The van der Waals surface area contributed by atoms with Crippen molar-refractivity contribution >= 4 is 7.98 Å². The first-order valence-corrected chi connectivity index (χ1v) is 2.86. The molecule has 0 spiro atoms. The van der Waals surface area contributed by atoms with Crippen LogP contribution in [-0.2, 0) is 0 Å². The summed E-state index contributed by atoms with van der Waals surface area (Å²) in [6.45, 7) is 1.87. The van der Waals surface area contributed by atoms with E-state index in [0.29, 0.717) is 5.49 Å². The van der Waals surface area contributed by atoms with E-state index in [9.17, 15) is 0 Å². The van der Waals surface area contributed by atoms with E-state index in [4.69, 9.17) is 13.2 Å². The second-order valence-electron chi connectivity index (χ2n) is 2.04. The van der Waals surface area contributed by atoms with Crippen LogP contribution in [0.4, 0.5) is 0 Å². The Morgan fingerprint density at radius 3 is 2.80 bits per heavy atom. The summed E-state index contributed by atoms with van der Waals surface area (Å²) in [5.74, 6) is 0. The smallest absolute Gasteiger partial charge is 0.262 e. The monoisotopic (exact) mass is 134 g/mol. The molecular formula is C6H7BN2O. The average Bonchev–Trinajstić information content (AvgIpc) is 1.88. The van der Waals surface area contributed by atoms with Crippen LogP contribution < -0.4 is 5.49 Å². The third-order valence-corrected chi connectivity index (χ3v) is 1.19. The van der Waals surface area contributed by atoms with Gasteiger partial charge in [0.15, 0.2) is 0 Å². The van der Waals surface area contributed by atoms with Crippen molar-refractivity contribution in [2.75, 3.05) is 0 Å². The Morgan fingerprint density at radius 1 is 1.60 bits per heavy atom. The quantitative estimate of drug-likeness (QED) is 0.394. The first-order valence-electron chi connectivity index (χ1n) is 2.86. The second kappa shape index (κ2) is 2.60. The number of hydrogen-bond acceptors (Lipinski definition) is 2. The minimum atomic E-state index is 0.339. The molecule has 0 amide bonds. The lowest BCUT2D eigenvalue weighted by atomic mass is 10.3. The molecule has 10 heavy (non-hydrogen) atoms. The SMILES string of the molecule is [B]/N=c1\ccc(C)cn1O. The Bertz CT molecular complexity index is 292. The van der Waals surface area contributed by atoms with Crippen molar-refractivity contribution < 1.29 is 5.21 Å². The molecule has 4 heteroatoms. The molecule has 1 heterocycles. The van der Waals surface area contributed by atoms with Gasteiger partial charge in [-0.05, 0) is 18.6 Å². The maximum atomic E-state index is 9.03. The Hall–Kier alpha value is -1.19. The first-order chi connectivity index (χ1) is 4.74. The molecule has 1 aromatic heterocycles. The fourth-order valence-corrected chi connectivity index (χ4v) is 0.687. The van der Waals surface area contributed by atoms with Crippen LogP contribution in [-0.4, -0.2) is 17.9 Å². The zero-order chi connectivity index (χ0) is 7.56. The molecule has 0 fully saturated rings. The lowest BCUT2D eigenvalue weighted by molar-refractivity contribution is 0.172. The molecule has 0 aliphatic heterocycles. The third-order valence-electron chi connectivity index (χ3n) is 1.19. The normalized spacial score (nSPS) is 11.9. The van der Waals surface area contributed by atoms with Gasteiger partial charge in [-0.1, -0.05) is 6.07 Å². The van der Waals surface area contributed by atoms with Gasteiger partial charge in [-0.25, -0.2) is 0 Å². The van der Waals surface area contributed by atoms with Gasteiger partial charge in [-0.3, -0.25) is 0 Å². The van der Waals surface area contributed by atoms with Crippen molar-refractivity contribution in [2.24, 2.45) is 4.90 Å². The van der Waals surface area contributed by atoms with Gasteiger partial charge in [-0.2, -0.15) is 4.73 Å². The van der Waals surface area contributed by atoms with Gasteiger partial charge in [0.1, 0.15) is 5.49 Å². The van der Waals surface area contributed by atoms with Crippen molar-refractivity contribution in [3.63, 3.8) is 0 Å². The topological polar surface area (TPSA) is 37.5 Å². The highest BCUT2D eigenvalue weighted by Crippen LogP contribution is 1.88. The van der Waals surface area contributed by atoms with Crippen LogP contribution in [0, 0.1) is 6.92 Å². The van der Waals surface area contributed by atoms with Crippen molar-refractivity contribution in [2.45, 2.75) is 6.92 Å². The largest absolute Gasteiger partial charge is 0.427 e. The van der Waals surface area contributed by atoms with E-state index in [2.05, 4.69) is 4.90 Å². The molecule has 1 rings (SSSR count). The molecular weight excluding hydrogens is 127 g/mol. The summed E-state index contributed by atoms with van der Waals surface area (Å²) in [5, 5.41) is 9.03. The molecule has 0 aliphatic rings. The van der Waals surface area contributed by atoms with E-state index >= 15 is 0 Å². The number of aryl methyl sites for hydroxylation is 1. The maximum Gasteiger partial charge on any atom is 0.262 e. The van der Waals surface area contributed by atoms with Gasteiger partial charge in [-0.15, -0.1) is 0 Å². The van der Waals surface area contributed by atoms with Crippen LogP contribution in [0.3, 0.4) is 0 Å². The van der Waals surface area contributed by atoms with Crippen molar-refractivity contribution in [3.8, 4) is 0 Å². The predicted molar refractivity (Wildman–Crippen MR) is 37.7 cm³/mol. The number of pyridine rings is 1. The summed E-state index contributed by atoms with van der Waals surface area (Å²) >= 11 is 0. The average molecular weight is 134 g/mol. The summed E-state index contributed by atoms with van der Waals surface area (Å²) in [7, 11) is 4.94. The lowest BCUT2D eigenvalue weighted by Crippen LogP contribution is -2.17. The zero-order valence-corrected chi connectivity index (χ0v) is 5.65. The fourth-order valence-electron chi connectivity index (χ4n) is 0.687. The van der Waals surface area contributed by atoms with Crippen LogP contribution in [0.15, 0.2) is 23.2 Å². The molecule has 0 aromatic carbocycles. The Labute approximate surface area is 60.0 Å². The van der Waals surface area contributed by atoms with Crippen molar-refractivity contribution in [1.29, 1.82) is 0 Å². The Balaban J connectivity index is 3.34. The number of aromatic nitrogens is 1. The van der Waals surface area contributed by atoms with E-state index in [1.807, 2.05) is 13.0 Å². The van der Waals surface area contributed by atoms with Gasteiger partial charge < -0.3 is 10.1 Å². The molecule has 50 valence electrons. The molecule has 1 aromatic rings. The summed E-state index contributed by atoms with van der Waals surface area (Å²) in [6.07, 6.45) is 1.53. The van der Waals surface area contributed by atoms with E-state index in [0.717, 1.165) is 10.3 Å². The Kier molecular flexibility index (Phi) is 1.80. The van der Waals surface area contributed by atoms with E-state index in [1.165, 1.54) is 6.20 Å². The summed E-state index contributed by atoms with van der Waals surface area (Å²) < 4.78 is 0.884. The van der Waals surface area contributed by atoms with Crippen LogP contribution >= 0.6 is 0 Å². The number of rotatable bonds is 0. The van der Waals surface area contributed by atoms with Crippen molar-refractivity contribution in [1.82, 2.24) is 4.73 Å².